The maximum absolute atomic E-state index is 14.6. The van der Waals surface area contributed by atoms with Crippen LogP contribution < -0.4 is 37.9 Å². The molecule has 4 unspecified atom stereocenters. The van der Waals surface area contributed by atoms with Gasteiger partial charge in [-0.2, -0.15) is 0 Å². The van der Waals surface area contributed by atoms with Crippen molar-refractivity contribution in [1.29, 1.82) is 0 Å². The predicted molar refractivity (Wildman–Crippen MR) is 301 cm³/mol. The van der Waals surface area contributed by atoms with Crippen LogP contribution >= 0.6 is 0 Å². The average molecular weight is 1190 g/mol. The van der Waals surface area contributed by atoms with Gasteiger partial charge in [0, 0.05) is 24.3 Å². The first-order valence-electron chi connectivity index (χ1n) is 26.9. The third-order valence-electron chi connectivity index (χ3n) is 14.4. The zero-order valence-electron chi connectivity index (χ0n) is 50.2. The lowest BCUT2D eigenvalue weighted by molar-refractivity contribution is -0.161. The van der Waals surface area contributed by atoms with Gasteiger partial charge in [-0.1, -0.05) is 27.7 Å². The smallest absolute Gasteiger partial charge is 0.343 e. The lowest BCUT2D eigenvalue weighted by Gasteiger charge is -2.38. The Morgan fingerprint density at radius 2 is 0.595 bits per heavy atom. The van der Waals surface area contributed by atoms with E-state index in [9.17, 15) is 44.7 Å². The van der Waals surface area contributed by atoms with Crippen LogP contribution in [0.15, 0.2) is 48.5 Å². The van der Waals surface area contributed by atoms with Crippen LogP contribution in [0.5, 0.6) is 46.0 Å². The second-order valence-electron chi connectivity index (χ2n) is 19.7. The molecule has 0 aliphatic heterocycles. The lowest BCUT2D eigenvalue weighted by atomic mass is 9.99. The van der Waals surface area contributed by atoms with E-state index in [-0.39, 0.29) is 111 Å². The summed E-state index contributed by atoms with van der Waals surface area (Å²) in [6, 6.07) is 11.6. The van der Waals surface area contributed by atoms with Gasteiger partial charge in [0.1, 0.15) is 73.9 Å². The van der Waals surface area contributed by atoms with Crippen LogP contribution in [0.4, 0.5) is 0 Å². The van der Waals surface area contributed by atoms with E-state index < -0.39 is 112 Å². The van der Waals surface area contributed by atoms with Gasteiger partial charge in [0.25, 0.3) is 0 Å². The highest BCUT2D eigenvalue weighted by molar-refractivity contribution is 5.97. The number of hydrogen-bond donors (Lipinski definition) is 5. The van der Waals surface area contributed by atoms with Crippen LogP contribution in [-0.4, -0.2) is 175 Å². The zero-order valence-corrected chi connectivity index (χ0v) is 50.2. The molecule has 0 aromatic heterocycles. The molecule has 0 heterocycles. The molecule has 466 valence electrons. The molecule has 4 aromatic carbocycles. The summed E-state index contributed by atoms with van der Waals surface area (Å²) in [5, 5.41) is 52.4. The Labute approximate surface area is 489 Å². The minimum atomic E-state index is -1.78. The number of methoxy groups -OCH3 is 8. The van der Waals surface area contributed by atoms with Gasteiger partial charge in [-0.3, -0.25) is 0 Å². The highest BCUT2D eigenvalue weighted by atomic mass is 16.6. The molecule has 0 saturated heterocycles. The van der Waals surface area contributed by atoms with E-state index in [4.69, 9.17) is 71.1 Å². The van der Waals surface area contributed by atoms with Gasteiger partial charge in [0.2, 0.25) is 0 Å². The van der Waals surface area contributed by atoms with Gasteiger partial charge in [-0.15, -0.1) is 0 Å². The molecule has 0 fully saturated rings. The van der Waals surface area contributed by atoms with Crippen LogP contribution in [0, 0.1) is 0 Å². The van der Waals surface area contributed by atoms with Gasteiger partial charge in [-0.25, -0.2) is 19.2 Å². The van der Waals surface area contributed by atoms with Crippen LogP contribution in [0.1, 0.15) is 124 Å². The molecule has 0 amide bonds. The minimum Gasteiger partial charge on any atom is -0.497 e. The predicted octanol–water partition coefficient (Wildman–Crippen LogP) is 6.11. The van der Waals surface area contributed by atoms with E-state index in [1.807, 2.05) is 0 Å². The van der Waals surface area contributed by atoms with Gasteiger partial charge >= 0.3 is 23.9 Å². The van der Waals surface area contributed by atoms with Gasteiger partial charge in [0.05, 0.1) is 130 Å². The number of carbonyl (C=O) groups excluding carboxylic acids is 4. The second-order valence-corrected chi connectivity index (χ2v) is 19.7. The van der Waals surface area contributed by atoms with Crippen molar-refractivity contribution in [2.24, 2.45) is 0 Å². The lowest BCUT2D eigenvalue weighted by Crippen LogP contribution is -2.50. The second kappa shape index (κ2) is 32.2. The Morgan fingerprint density at radius 3 is 0.821 bits per heavy atom. The Morgan fingerprint density at radius 1 is 0.345 bits per heavy atom. The first-order chi connectivity index (χ1) is 40.2. The number of ether oxygens (including phenoxy) is 15. The van der Waals surface area contributed by atoms with Crippen molar-refractivity contribution in [2.45, 2.75) is 109 Å². The van der Waals surface area contributed by atoms with E-state index in [2.05, 4.69) is 0 Å². The quantitative estimate of drug-likeness (QED) is 0.0251. The van der Waals surface area contributed by atoms with Crippen molar-refractivity contribution in [2.75, 3.05) is 103 Å². The summed E-state index contributed by atoms with van der Waals surface area (Å²) in [5.74, 6) is -2.45. The molecule has 24 nitrogen and oxygen atoms in total. The monoisotopic (exact) mass is 1190 g/mol. The largest absolute Gasteiger partial charge is 0.497 e. The molecule has 4 aromatic rings. The molecule has 0 spiro atoms. The molecule has 0 radical (unpaired) electrons. The highest BCUT2D eigenvalue weighted by Crippen LogP contribution is 2.37. The number of benzene rings is 4. The summed E-state index contributed by atoms with van der Waals surface area (Å²) >= 11 is 0. The number of aliphatic hydroxyl groups is 5. The number of rotatable bonds is 37. The minimum absolute atomic E-state index is 0.00248. The molecule has 24 heteroatoms. The first kappa shape index (κ1) is 69.3. The fourth-order valence-electron chi connectivity index (χ4n) is 8.79. The van der Waals surface area contributed by atoms with Crippen LogP contribution in [0.2, 0.25) is 0 Å². The van der Waals surface area contributed by atoms with Gasteiger partial charge in [-0.05, 0) is 79.1 Å². The summed E-state index contributed by atoms with van der Waals surface area (Å²) in [5.41, 5.74) is -6.57. The van der Waals surface area contributed by atoms with E-state index in [0.29, 0.717) is 11.5 Å². The van der Waals surface area contributed by atoms with Gasteiger partial charge in [0.15, 0.2) is 16.8 Å². The van der Waals surface area contributed by atoms with Crippen LogP contribution in [0.3, 0.4) is 0 Å². The van der Waals surface area contributed by atoms with E-state index in [1.54, 1.807) is 34.6 Å². The fourth-order valence-corrected chi connectivity index (χ4v) is 8.79. The molecule has 0 bridgehead atoms. The number of esters is 4. The molecule has 4 rings (SSSR count). The van der Waals surface area contributed by atoms with E-state index in [1.165, 1.54) is 105 Å². The summed E-state index contributed by atoms with van der Waals surface area (Å²) < 4.78 is 87.5. The van der Waals surface area contributed by atoms with E-state index >= 15 is 0 Å². The number of carbonyl (C=O) groups is 4. The zero-order chi connectivity index (χ0) is 62.4. The van der Waals surface area contributed by atoms with Crippen molar-refractivity contribution in [3.8, 4) is 46.0 Å². The molecule has 5 N–H and O–H groups in total. The molecule has 0 aliphatic carbocycles. The van der Waals surface area contributed by atoms with Crippen LogP contribution in [-0.2, 0) is 59.6 Å². The van der Waals surface area contributed by atoms with Crippen molar-refractivity contribution in [3.63, 3.8) is 0 Å². The molecule has 0 saturated carbocycles. The SMILES string of the molecule is CCC(C)(COCC(CC)(COCC(CC)(COCC(CC)(CO)OC(=O)c1c(CO)cc(OC)cc1OC)OC(=O)c1c(CO)cc(OC)cc1OC)OC(=O)c1c(CO)cc(OC)cc1OC)OC(=O)c1c(CO)cc(OC)cc1OC. The maximum Gasteiger partial charge on any atom is 0.343 e. The number of hydrogen-bond acceptors (Lipinski definition) is 24. The maximum atomic E-state index is 14.6. The highest BCUT2D eigenvalue weighted by Gasteiger charge is 2.43. The topological polar surface area (TPSA) is 308 Å². The Balaban J connectivity index is 1.80. The molecular formula is C60H82O24. The first-order valence-corrected chi connectivity index (χ1v) is 26.9. The van der Waals surface area contributed by atoms with E-state index in [0.717, 1.165) is 0 Å². The summed E-state index contributed by atoms with van der Waals surface area (Å²) in [6.07, 6.45) is 0.159. The van der Waals surface area contributed by atoms with Crippen molar-refractivity contribution >= 4 is 23.9 Å². The third kappa shape index (κ3) is 16.8. The van der Waals surface area contributed by atoms with Crippen molar-refractivity contribution in [3.05, 3.63) is 93.0 Å². The molecule has 84 heavy (non-hydrogen) atoms. The fraction of sp³-hybridized carbons (Fsp3) is 0.533. The summed E-state index contributed by atoms with van der Waals surface area (Å²) in [6.45, 7) is 2.57. The molecule has 4 atom stereocenters. The van der Waals surface area contributed by atoms with Crippen molar-refractivity contribution < 1.29 is 116 Å². The molecular weight excluding hydrogens is 1100 g/mol. The average Bonchev–Trinajstić information content (AvgIpc) is 3.41. The van der Waals surface area contributed by atoms with Crippen molar-refractivity contribution in [1.82, 2.24) is 0 Å². The normalized spacial score (nSPS) is 14.1. The standard InChI is InChI=1S/C60H82O24/c1-14-57(5,81-53(66)49-37(26-61)18-41(70-6)22-45(49)74-10)31-78-33-59(16-3,83-55(68)51-39(28-63)20-43(72-8)24-47(51)76-12)35-80-36-60(17-4,84-56(69)52-40(29-64)21-44(73-9)25-48(52)77-13)34-79-32-58(15-2,30-65)82-54(67)50-38(27-62)19-42(71-7)23-46(50)75-11/h18-25,61-65H,14-17,26-36H2,1-13H3. The summed E-state index contributed by atoms with van der Waals surface area (Å²) in [4.78, 5) is 57.2. The Kier molecular flexibility index (Phi) is 26.6. The van der Waals surface area contributed by atoms with Crippen LogP contribution in [0.25, 0.3) is 0 Å². The summed E-state index contributed by atoms with van der Waals surface area (Å²) in [7, 11) is 10.9. The third-order valence-corrected chi connectivity index (χ3v) is 14.4. The number of aliphatic hydroxyl groups excluding tert-OH is 5. The Hall–Kier alpha value is -7.16. The Bertz CT molecular complexity index is 2730. The molecule has 0 aliphatic rings. The van der Waals surface area contributed by atoms with Gasteiger partial charge < -0.3 is 96.6 Å².